The highest BCUT2D eigenvalue weighted by Crippen LogP contribution is 2.17. The zero-order chi connectivity index (χ0) is 11.0. The van der Waals surface area contributed by atoms with Gasteiger partial charge < -0.3 is 5.32 Å². The lowest BCUT2D eigenvalue weighted by Gasteiger charge is -2.18. The topological polar surface area (TPSA) is 24.9 Å². The highest BCUT2D eigenvalue weighted by molar-refractivity contribution is 9.10. The van der Waals surface area contributed by atoms with Gasteiger partial charge in [0.05, 0.1) is 4.45 Å². The van der Waals surface area contributed by atoms with Crippen LogP contribution in [0.1, 0.15) is 13.8 Å². The maximum atomic E-state index is 4.12. The van der Waals surface area contributed by atoms with Crippen LogP contribution in [0.5, 0.6) is 0 Å². The van der Waals surface area contributed by atoms with E-state index in [-0.39, 0.29) is 4.45 Å². The predicted molar refractivity (Wildman–Crippen MR) is 68.3 cm³/mol. The van der Waals surface area contributed by atoms with Crippen LogP contribution < -0.4 is 5.32 Å². The quantitative estimate of drug-likeness (QED) is 0.507. The van der Waals surface area contributed by atoms with Crippen LogP contribution in [0.2, 0.25) is 11.6 Å². The number of aromatic nitrogens is 1. The van der Waals surface area contributed by atoms with Crippen LogP contribution in [-0.4, -0.2) is 24.7 Å². The fraction of sp³-hybridized carbons (Fsp3) is 0.500. The van der Waals surface area contributed by atoms with Crippen molar-refractivity contribution in [3.8, 4) is 0 Å². The van der Waals surface area contributed by atoms with Crippen molar-refractivity contribution in [2.75, 3.05) is 5.32 Å². The fourth-order valence-corrected chi connectivity index (χ4v) is 0.944. The van der Waals surface area contributed by atoms with Gasteiger partial charge in [-0.3, -0.25) is 0 Å². The van der Waals surface area contributed by atoms with Crippen molar-refractivity contribution in [3.63, 3.8) is 0 Å². The number of hydrogen-bond acceptors (Lipinski definition) is 2. The highest BCUT2D eigenvalue weighted by Gasteiger charge is 2.10. The molecule has 1 aromatic rings. The minimum absolute atomic E-state index is 0.0959. The Kier molecular flexibility index (Phi) is 7.26. The van der Waals surface area contributed by atoms with Crippen LogP contribution in [0.4, 0.5) is 5.82 Å². The summed E-state index contributed by atoms with van der Waals surface area (Å²) in [4.78, 5) is 4.12. The molecule has 0 saturated carbocycles. The van der Waals surface area contributed by atoms with Crippen molar-refractivity contribution < 1.29 is 0 Å². The number of pyridine rings is 1. The Hall–Kier alpha value is -0.0375. The maximum absolute atomic E-state index is 4.12. The molecular formula is C10H17AlBrN2. The van der Waals surface area contributed by atoms with E-state index in [4.69, 9.17) is 0 Å². The molecule has 0 aliphatic heterocycles. The number of hydrogen-bond donors (Lipinski definition) is 1. The lowest BCUT2D eigenvalue weighted by Crippen LogP contribution is -2.22. The second-order valence-electron chi connectivity index (χ2n) is 3.39. The Balaban J connectivity index is 0.000000500. The van der Waals surface area contributed by atoms with E-state index in [9.17, 15) is 0 Å². The molecule has 14 heavy (non-hydrogen) atoms. The fourth-order valence-electron chi connectivity index (χ4n) is 0.741. The van der Waals surface area contributed by atoms with Gasteiger partial charge in [-0.2, -0.15) is 0 Å². The maximum Gasteiger partial charge on any atom is 0.191 e. The molecule has 1 rings (SSSR count). The summed E-state index contributed by atoms with van der Waals surface area (Å²) in [6.07, 6.45) is 1.76. The van der Waals surface area contributed by atoms with Gasteiger partial charge in [-0.05, 0) is 26.0 Å². The average molecular weight is 272 g/mol. The van der Waals surface area contributed by atoms with Crippen LogP contribution in [0, 0.1) is 0 Å². The van der Waals surface area contributed by atoms with E-state index in [1.54, 1.807) is 6.20 Å². The molecule has 77 valence electrons. The summed E-state index contributed by atoms with van der Waals surface area (Å²) in [6, 6.07) is 5.78. The summed E-state index contributed by atoms with van der Waals surface area (Å²) in [5.41, 5.74) is 0. The summed E-state index contributed by atoms with van der Waals surface area (Å²) in [5.74, 6) is 5.30. The van der Waals surface area contributed by atoms with Gasteiger partial charge in [0.2, 0.25) is 0 Å². The Morgan fingerprint density at radius 2 is 1.93 bits per heavy atom. The van der Waals surface area contributed by atoms with Gasteiger partial charge in [0, 0.05) is 6.20 Å². The van der Waals surface area contributed by atoms with Gasteiger partial charge in [0.25, 0.3) is 0 Å². The van der Waals surface area contributed by atoms with E-state index in [0.717, 1.165) is 21.0 Å². The Bertz CT molecular complexity index is 234. The zero-order valence-electron chi connectivity index (χ0n) is 9.21. The number of nitrogens with zero attached hydrogens (tertiary/aromatic N) is 1. The number of nitrogens with one attached hydrogen (secondary N) is 1. The molecule has 0 aliphatic rings. The second-order valence-corrected chi connectivity index (χ2v) is 6.53. The van der Waals surface area contributed by atoms with Gasteiger partial charge in [-0.25, -0.2) is 4.98 Å². The lowest BCUT2D eigenvalue weighted by atomic mass is 10.4. The molecule has 1 aromatic heterocycles. The molecule has 1 radical (unpaired) electrons. The third-order valence-corrected chi connectivity index (χ3v) is 1.29. The summed E-state index contributed by atoms with van der Waals surface area (Å²) < 4.78 is -0.0959. The van der Waals surface area contributed by atoms with Crippen molar-refractivity contribution in [2.24, 2.45) is 0 Å². The van der Waals surface area contributed by atoms with E-state index in [2.05, 4.69) is 37.8 Å². The Morgan fingerprint density at radius 1 is 1.36 bits per heavy atom. The minimum atomic E-state index is -0.0959. The lowest BCUT2D eigenvalue weighted by molar-refractivity contribution is 0.834. The first-order valence-electron chi connectivity index (χ1n) is 4.61. The first-order chi connectivity index (χ1) is 6.49. The van der Waals surface area contributed by atoms with Gasteiger partial charge in [0.1, 0.15) is 5.82 Å². The Morgan fingerprint density at radius 3 is 2.29 bits per heavy atom. The number of alkyl halides is 1. The van der Waals surface area contributed by atoms with E-state index >= 15 is 0 Å². The van der Waals surface area contributed by atoms with Crippen molar-refractivity contribution in [2.45, 2.75) is 29.9 Å². The van der Waals surface area contributed by atoms with Gasteiger partial charge in [0.15, 0.2) is 15.2 Å². The smallest absolute Gasteiger partial charge is 0.191 e. The van der Waals surface area contributed by atoms with Crippen molar-refractivity contribution in [1.29, 1.82) is 0 Å². The molecule has 0 bridgehead atoms. The summed E-state index contributed by atoms with van der Waals surface area (Å²) in [6.45, 7) is 4.06. The molecule has 0 aliphatic carbocycles. The largest absolute Gasteiger partial charge is 0.356 e. The molecule has 4 heteroatoms. The van der Waals surface area contributed by atoms with Crippen LogP contribution >= 0.6 is 15.9 Å². The van der Waals surface area contributed by atoms with E-state index in [0.29, 0.717) is 0 Å². The normalized spacial score (nSPS) is 9.79. The first kappa shape index (κ1) is 14.0. The minimum Gasteiger partial charge on any atom is -0.356 e. The van der Waals surface area contributed by atoms with E-state index < -0.39 is 0 Å². The van der Waals surface area contributed by atoms with Gasteiger partial charge in [-0.15, -0.1) is 11.6 Å². The van der Waals surface area contributed by atoms with Crippen LogP contribution in [0.25, 0.3) is 0 Å². The van der Waals surface area contributed by atoms with Crippen molar-refractivity contribution in [1.82, 2.24) is 4.98 Å². The van der Waals surface area contributed by atoms with Crippen molar-refractivity contribution >= 4 is 37.0 Å². The standard InChI is InChI=1S/C8H11BrN2.2CH3.Al/c1-8(2,9)11-7-5-3-4-6-10-7;;;/h3-6H,1-2H3,(H,10,11);2*1H3;. The molecule has 0 fully saturated rings. The zero-order valence-corrected chi connectivity index (χ0v) is 12.0. The summed E-state index contributed by atoms with van der Waals surface area (Å²) >= 11 is 4.21. The molecule has 0 aromatic carbocycles. The summed E-state index contributed by atoms with van der Waals surface area (Å²) in [7, 11) is 0. The highest BCUT2D eigenvalue weighted by atomic mass is 79.9. The van der Waals surface area contributed by atoms with Crippen LogP contribution in [-0.2, 0) is 0 Å². The number of anilines is 1. The SMILES string of the molecule is CC(C)(Br)Nc1ccccn1.[CH3][Al][CH3]. The van der Waals surface area contributed by atoms with Crippen LogP contribution in [0.15, 0.2) is 24.4 Å². The molecule has 0 unspecified atom stereocenters. The second kappa shape index (κ2) is 7.28. The molecule has 0 amide bonds. The number of rotatable bonds is 2. The molecule has 0 atom stereocenters. The molecule has 0 spiro atoms. The molecule has 2 nitrogen and oxygen atoms in total. The molecule has 1 heterocycles. The third-order valence-electron chi connectivity index (χ3n) is 1.09. The first-order valence-corrected chi connectivity index (χ1v) is 7.72. The van der Waals surface area contributed by atoms with Gasteiger partial charge >= 0.3 is 0 Å². The van der Waals surface area contributed by atoms with Gasteiger partial charge in [-0.1, -0.05) is 22.0 Å². The summed E-state index contributed by atoms with van der Waals surface area (Å²) in [5, 5.41) is 3.19. The average Bonchev–Trinajstić information content (AvgIpc) is 2.04. The predicted octanol–water partition coefficient (Wildman–Crippen LogP) is 3.41. The van der Waals surface area contributed by atoms with Crippen LogP contribution in [0.3, 0.4) is 0 Å². The van der Waals surface area contributed by atoms with E-state index in [1.165, 1.54) is 0 Å². The molecule has 0 saturated heterocycles. The molecular weight excluding hydrogens is 255 g/mol. The Labute approximate surface area is 101 Å². The monoisotopic (exact) mass is 271 g/mol. The van der Waals surface area contributed by atoms with E-state index in [1.807, 2.05) is 32.0 Å². The number of halogens is 1. The third kappa shape index (κ3) is 8.56. The molecule has 1 N–H and O–H groups in total. The van der Waals surface area contributed by atoms with Crippen molar-refractivity contribution in [3.05, 3.63) is 24.4 Å².